The van der Waals surface area contributed by atoms with Crippen LogP contribution in [0.3, 0.4) is 0 Å². The highest BCUT2D eigenvalue weighted by Gasteiger charge is 2.43. The molecule has 0 fully saturated rings. The molecule has 0 N–H and O–H groups in total. The highest BCUT2D eigenvalue weighted by molar-refractivity contribution is 7.92. The Hall–Kier alpha value is -1.44. The summed E-state index contributed by atoms with van der Waals surface area (Å²) in [5.41, 5.74) is -1.94. The van der Waals surface area contributed by atoms with Crippen LogP contribution in [0.25, 0.3) is 0 Å². The van der Waals surface area contributed by atoms with Gasteiger partial charge in [0.15, 0.2) is 15.6 Å². The molecule has 0 saturated heterocycles. The van der Waals surface area contributed by atoms with Crippen molar-refractivity contribution in [3.63, 3.8) is 0 Å². The molecule has 1 heterocycles. The molecule has 1 aromatic heterocycles. The Labute approximate surface area is 108 Å². The van der Waals surface area contributed by atoms with Gasteiger partial charge < -0.3 is 0 Å². The van der Waals surface area contributed by atoms with Crippen LogP contribution in [0.15, 0.2) is 18.5 Å². The number of ketones is 1. The van der Waals surface area contributed by atoms with E-state index in [1.807, 2.05) is 0 Å². The van der Waals surface area contributed by atoms with Crippen molar-refractivity contribution in [2.24, 2.45) is 0 Å². The van der Waals surface area contributed by atoms with Crippen LogP contribution >= 0.6 is 0 Å². The molecule has 0 radical (unpaired) electrons. The summed E-state index contributed by atoms with van der Waals surface area (Å²) in [6, 6.07) is 0.644. The Kier molecular flexibility index (Phi) is 3.77. The number of Topliss-reactive ketones (excluding diaryl/α,β-unsaturated/α-hetero) is 1. The van der Waals surface area contributed by atoms with Gasteiger partial charge >= 0.3 is 6.18 Å². The van der Waals surface area contributed by atoms with Gasteiger partial charge in [0.2, 0.25) is 0 Å². The lowest BCUT2D eigenvalue weighted by molar-refractivity contribution is -0.138. The molecule has 1 aromatic rings. The van der Waals surface area contributed by atoms with E-state index in [-0.39, 0.29) is 0 Å². The number of sulfone groups is 1. The normalized spacial score (nSPS) is 13.4. The molecular formula is C11H12F3NO3S. The zero-order valence-electron chi connectivity index (χ0n) is 10.4. The number of hydrogen-bond acceptors (Lipinski definition) is 4. The van der Waals surface area contributed by atoms with Crippen molar-refractivity contribution in [2.75, 3.05) is 6.26 Å². The summed E-state index contributed by atoms with van der Waals surface area (Å²) in [6.45, 7) is 2.13. The summed E-state index contributed by atoms with van der Waals surface area (Å²) in [5.74, 6) is -1.13. The number of rotatable bonds is 3. The number of carbonyl (C=O) groups is 1. The Morgan fingerprint density at radius 1 is 1.26 bits per heavy atom. The molecule has 106 valence electrons. The van der Waals surface area contributed by atoms with Crippen LogP contribution in [0.1, 0.15) is 29.8 Å². The number of aromatic nitrogens is 1. The average molecular weight is 295 g/mol. The van der Waals surface area contributed by atoms with E-state index in [9.17, 15) is 26.4 Å². The van der Waals surface area contributed by atoms with Gasteiger partial charge in [0.05, 0.1) is 5.56 Å². The third-order valence-electron chi connectivity index (χ3n) is 2.84. The second-order valence-corrected chi connectivity index (χ2v) is 7.10. The zero-order valence-corrected chi connectivity index (χ0v) is 11.3. The van der Waals surface area contributed by atoms with Gasteiger partial charge in [0, 0.05) is 24.2 Å². The molecule has 1 rings (SSSR count). The maximum atomic E-state index is 12.8. The van der Waals surface area contributed by atoms with Gasteiger partial charge in [-0.25, -0.2) is 8.42 Å². The molecular weight excluding hydrogens is 283 g/mol. The maximum Gasteiger partial charge on any atom is 0.417 e. The van der Waals surface area contributed by atoms with Gasteiger partial charge in [-0.1, -0.05) is 0 Å². The van der Waals surface area contributed by atoms with Gasteiger partial charge in [0.1, 0.15) is 4.75 Å². The van der Waals surface area contributed by atoms with E-state index in [2.05, 4.69) is 4.98 Å². The van der Waals surface area contributed by atoms with Crippen LogP contribution in [0.4, 0.5) is 13.2 Å². The Bertz CT molecular complexity index is 606. The third kappa shape index (κ3) is 2.94. The van der Waals surface area contributed by atoms with Crippen molar-refractivity contribution < 1.29 is 26.4 Å². The molecule has 0 aliphatic heterocycles. The standard InChI is InChI=1S/C11H12F3NO3S/c1-10(2,19(3,17)18)9(16)7-6-15-5-4-8(7)11(12,13)14/h4-6H,1-3H3. The topological polar surface area (TPSA) is 64.1 Å². The monoisotopic (exact) mass is 295 g/mol. The van der Waals surface area contributed by atoms with Crippen LogP contribution in [0.5, 0.6) is 0 Å². The summed E-state index contributed by atoms with van der Waals surface area (Å²) in [4.78, 5) is 15.5. The van der Waals surface area contributed by atoms with Crippen LogP contribution in [-0.2, 0) is 16.0 Å². The molecule has 0 bridgehead atoms. The minimum Gasteiger partial charge on any atom is -0.292 e. The predicted molar refractivity (Wildman–Crippen MR) is 62.5 cm³/mol. The lowest BCUT2D eigenvalue weighted by Gasteiger charge is -2.22. The van der Waals surface area contributed by atoms with Gasteiger partial charge in [-0.2, -0.15) is 13.2 Å². The first-order chi connectivity index (χ1) is 8.39. The summed E-state index contributed by atoms with van der Waals surface area (Å²) in [7, 11) is -3.86. The van der Waals surface area contributed by atoms with Crippen molar-refractivity contribution in [3.8, 4) is 0 Å². The van der Waals surface area contributed by atoms with E-state index < -0.39 is 37.7 Å². The molecule has 0 unspecified atom stereocenters. The lowest BCUT2D eigenvalue weighted by atomic mass is 9.97. The van der Waals surface area contributed by atoms with E-state index in [0.29, 0.717) is 6.07 Å². The molecule has 0 aliphatic rings. The van der Waals surface area contributed by atoms with Gasteiger partial charge in [-0.05, 0) is 19.9 Å². The fraction of sp³-hybridized carbons (Fsp3) is 0.455. The molecule has 0 aromatic carbocycles. The molecule has 19 heavy (non-hydrogen) atoms. The second kappa shape index (κ2) is 4.59. The second-order valence-electron chi connectivity index (χ2n) is 4.53. The van der Waals surface area contributed by atoms with E-state index in [1.54, 1.807) is 0 Å². The van der Waals surface area contributed by atoms with Crippen molar-refractivity contribution in [1.82, 2.24) is 4.98 Å². The average Bonchev–Trinajstić information content (AvgIpc) is 2.25. The first kappa shape index (κ1) is 15.6. The van der Waals surface area contributed by atoms with Crippen molar-refractivity contribution in [2.45, 2.75) is 24.8 Å². The van der Waals surface area contributed by atoms with E-state index in [4.69, 9.17) is 0 Å². The van der Waals surface area contributed by atoms with Crippen LogP contribution in [0.2, 0.25) is 0 Å². The number of carbonyl (C=O) groups excluding carboxylic acids is 1. The highest BCUT2D eigenvalue weighted by atomic mass is 32.2. The molecule has 8 heteroatoms. The van der Waals surface area contributed by atoms with Crippen LogP contribution < -0.4 is 0 Å². The Morgan fingerprint density at radius 3 is 2.21 bits per heavy atom. The smallest absolute Gasteiger partial charge is 0.292 e. The van der Waals surface area contributed by atoms with Crippen molar-refractivity contribution >= 4 is 15.6 Å². The fourth-order valence-electron chi connectivity index (χ4n) is 1.32. The summed E-state index contributed by atoms with van der Waals surface area (Å²) in [5, 5.41) is 0. The molecule has 4 nitrogen and oxygen atoms in total. The first-order valence-electron chi connectivity index (χ1n) is 5.14. The van der Waals surface area contributed by atoms with Gasteiger partial charge in [0.25, 0.3) is 0 Å². The zero-order chi connectivity index (χ0) is 15.1. The predicted octanol–water partition coefficient (Wildman–Crippen LogP) is 2.11. The van der Waals surface area contributed by atoms with E-state index in [1.165, 1.54) is 0 Å². The quantitative estimate of drug-likeness (QED) is 0.801. The largest absolute Gasteiger partial charge is 0.417 e. The number of nitrogens with zero attached hydrogens (tertiary/aromatic N) is 1. The Morgan fingerprint density at radius 2 is 1.79 bits per heavy atom. The molecule has 0 spiro atoms. The maximum absolute atomic E-state index is 12.8. The molecule has 0 amide bonds. The third-order valence-corrected chi connectivity index (χ3v) is 4.88. The van der Waals surface area contributed by atoms with Crippen LogP contribution in [-0.4, -0.2) is 30.2 Å². The molecule has 0 saturated carbocycles. The lowest BCUT2D eigenvalue weighted by Crippen LogP contribution is -2.40. The SMILES string of the molecule is CC(C)(C(=O)c1cnccc1C(F)(F)F)S(C)(=O)=O. The minimum atomic E-state index is -4.75. The summed E-state index contributed by atoms with van der Waals surface area (Å²) < 4.78 is 59.4. The van der Waals surface area contributed by atoms with Gasteiger partial charge in [-0.3, -0.25) is 9.78 Å². The van der Waals surface area contributed by atoms with Gasteiger partial charge in [-0.15, -0.1) is 0 Å². The number of alkyl halides is 3. The Balaban J connectivity index is 3.46. The van der Waals surface area contributed by atoms with Crippen LogP contribution in [0, 0.1) is 0 Å². The molecule has 0 atom stereocenters. The van der Waals surface area contributed by atoms with E-state index in [0.717, 1.165) is 32.5 Å². The number of hydrogen-bond donors (Lipinski definition) is 0. The number of halogens is 3. The van der Waals surface area contributed by atoms with Crippen molar-refractivity contribution in [1.29, 1.82) is 0 Å². The summed E-state index contributed by atoms with van der Waals surface area (Å²) in [6.07, 6.45) is -2.32. The van der Waals surface area contributed by atoms with Crippen molar-refractivity contribution in [3.05, 3.63) is 29.6 Å². The highest BCUT2D eigenvalue weighted by Crippen LogP contribution is 2.34. The molecule has 0 aliphatic carbocycles. The fourth-order valence-corrected chi connectivity index (χ4v) is 1.76. The minimum absolute atomic E-state index is 0.644. The summed E-state index contributed by atoms with van der Waals surface area (Å²) >= 11 is 0. The van der Waals surface area contributed by atoms with E-state index >= 15 is 0 Å². The number of pyridine rings is 1. The first-order valence-corrected chi connectivity index (χ1v) is 7.04.